The van der Waals surface area contributed by atoms with Gasteiger partial charge in [-0.15, -0.1) is 0 Å². The van der Waals surface area contributed by atoms with Crippen LogP contribution >= 0.6 is 8.46 Å². The molecule has 0 unspecified atom stereocenters. The minimum Gasteiger partial charge on any atom is -0.275 e. The molecule has 1 nitrogen and oxygen atoms in total. The Morgan fingerprint density at radius 2 is 1.33 bits per heavy atom. The average molecular weight is 256 g/mol. The lowest BCUT2D eigenvalue weighted by atomic mass is 9.88. The summed E-state index contributed by atoms with van der Waals surface area (Å²) < 4.78 is 10.6. The molecule has 18 heavy (non-hydrogen) atoms. The second-order valence-electron chi connectivity index (χ2n) is 4.37. The highest BCUT2D eigenvalue weighted by molar-refractivity contribution is 7.23. The Morgan fingerprint density at radius 3 is 1.78 bits per heavy atom. The van der Waals surface area contributed by atoms with Crippen molar-refractivity contribution in [3.05, 3.63) is 71.8 Å². The largest absolute Gasteiger partial charge is 0.275 e. The first-order valence-electron chi connectivity index (χ1n) is 6.31. The van der Waals surface area contributed by atoms with E-state index in [-0.39, 0.29) is 8.46 Å². The smallest absolute Gasteiger partial charge is 0.155 e. The second kappa shape index (κ2) is 7.08. The van der Waals surface area contributed by atoms with Crippen molar-refractivity contribution in [2.45, 2.75) is 18.8 Å². The zero-order chi connectivity index (χ0) is 12.6. The summed E-state index contributed by atoms with van der Waals surface area (Å²) in [5.41, 5.74) is 2.68. The van der Waals surface area contributed by atoms with Gasteiger partial charge in [0.2, 0.25) is 0 Å². The van der Waals surface area contributed by atoms with Crippen LogP contribution in [0, 0.1) is 0 Å². The quantitative estimate of drug-likeness (QED) is 0.531. The molecule has 0 radical (unpaired) electrons. The number of hydrogen-bond donors (Lipinski definition) is 0. The predicted octanol–water partition coefficient (Wildman–Crippen LogP) is 4.89. The van der Waals surface area contributed by atoms with Crippen LogP contribution in [-0.4, -0.2) is 6.16 Å². The normalized spacial score (nSPS) is 10.9. The third-order valence-electron chi connectivity index (χ3n) is 3.15. The molecule has 0 aliphatic carbocycles. The molecule has 0 spiro atoms. The highest BCUT2D eigenvalue weighted by Gasteiger charge is 2.12. The topological polar surface area (TPSA) is 17.1 Å². The van der Waals surface area contributed by atoms with Gasteiger partial charge in [0.1, 0.15) is 0 Å². The van der Waals surface area contributed by atoms with E-state index in [0.29, 0.717) is 5.92 Å². The monoisotopic (exact) mass is 256 g/mol. The van der Waals surface area contributed by atoms with Crippen molar-refractivity contribution in [2.24, 2.45) is 0 Å². The van der Waals surface area contributed by atoms with Crippen LogP contribution in [0.4, 0.5) is 0 Å². The van der Waals surface area contributed by atoms with Crippen molar-refractivity contribution >= 4 is 8.46 Å². The standard InChI is InChI=1S/C16H17OP/c17-18-13-7-12-16(14-8-3-1-4-9-14)15-10-5-2-6-11-15/h1-6,8-11,16H,7,12-13H2. The van der Waals surface area contributed by atoms with Gasteiger partial charge in [0, 0.05) is 12.1 Å². The highest BCUT2D eigenvalue weighted by atomic mass is 31.1. The lowest BCUT2D eigenvalue weighted by Crippen LogP contribution is -2.01. The van der Waals surface area contributed by atoms with Crippen LogP contribution in [0.1, 0.15) is 29.9 Å². The van der Waals surface area contributed by atoms with E-state index in [9.17, 15) is 4.57 Å². The van der Waals surface area contributed by atoms with Crippen molar-refractivity contribution in [3.8, 4) is 0 Å². The molecule has 0 aromatic heterocycles. The van der Waals surface area contributed by atoms with Gasteiger partial charge in [0.15, 0.2) is 8.46 Å². The Bertz CT molecular complexity index is 427. The van der Waals surface area contributed by atoms with Gasteiger partial charge in [0.25, 0.3) is 0 Å². The predicted molar refractivity (Wildman–Crippen MR) is 76.4 cm³/mol. The average Bonchev–Trinajstić information content (AvgIpc) is 2.46. The summed E-state index contributed by atoms with van der Waals surface area (Å²) in [5.74, 6) is 0.411. The van der Waals surface area contributed by atoms with Gasteiger partial charge in [0.05, 0.1) is 0 Å². The first kappa shape index (κ1) is 13.0. The van der Waals surface area contributed by atoms with Crippen molar-refractivity contribution in [3.63, 3.8) is 0 Å². The van der Waals surface area contributed by atoms with E-state index in [1.54, 1.807) is 0 Å². The molecule has 0 N–H and O–H groups in total. The zero-order valence-electron chi connectivity index (χ0n) is 10.3. The number of benzene rings is 2. The Labute approximate surface area is 110 Å². The maximum atomic E-state index is 10.6. The van der Waals surface area contributed by atoms with Gasteiger partial charge in [-0.3, -0.25) is 4.57 Å². The fourth-order valence-corrected chi connectivity index (χ4v) is 2.57. The van der Waals surface area contributed by atoms with E-state index < -0.39 is 0 Å². The molecular weight excluding hydrogens is 239 g/mol. The molecule has 0 heterocycles. The maximum Gasteiger partial charge on any atom is 0.155 e. The Balaban J connectivity index is 2.21. The van der Waals surface area contributed by atoms with Crippen LogP contribution in [0.5, 0.6) is 0 Å². The van der Waals surface area contributed by atoms with Gasteiger partial charge < -0.3 is 0 Å². The number of hydrogen-bond acceptors (Lipinski definition) is 1. The van der Waals surface area contributed by atoms with E-state index >= 15 is 0 Å². The lowest BCUT2D eigenvalue weighted by Gasteiger charge is -2.17. The van der Waals surface area contributed by atoms with Gasteiger partial charge in [-0.25, -0.2) is 0 Å². The molecule has 2 aromatic carbocycles. The van der Waals surface area contributed by atoms with Crippen LogP contribution in [0.3, 0.4) is 0 Å². The molecule has 0 saturated carbocycles. The first-order chi connectivity index (χ1) is 8.92. The SMILES string of the molecule is O=PCCCC(c1ccccc1)c1ccccc1. The van der Waals surface area contributed by atoms with E-state index in [0.717, 1.165) is 19.0 Å². The van der Waals surface area contributed by atoms with E-state index in [4.69, 9.17) is 0 Å². The Hall–Kier alpha value is -1.46. The summed E-state index contributed by atoms with van der Waals surface area (Å²) in [7, 11) is 0.253. The summed E-state index contributed by atoms with van der Waals surface area (Å²) in [6.45, 7) is 0. The number of rotatable bonds is 6. The molecular formula is C16H17OP. The summed E-state index contributed by atoms with van der Waals surface area (Å²) >= 11 is 0. The molecule has 92 valence electrons. The van der Waals surface area contributed by atoms with Gasteiger partial charge in [-0.1, -0.05) is 60.7 Å². The fourth-order valence-electron chi connectivity index (χ4n) is 2.26. The molecule has 0 atom stereocenters. The summed E-state index contributed by atoms with van der Waals surface area (Å²) in [4.78, 5) is 0. The molecule has 0 saturated heterocycles. The highest BCUT2D eigenvalue weighted by Crippen LogP contribution is 2.29. The minimum absolute atomic E-state index is 0.253. The third kappa shape index (κ3) is 3.51. The van der Waals surface area contributed by atoms with Crippen molar-refractivity contribution in [2.75, 3.05) is 6.16 Å². The molecule has 2 rings (SSSR count). The maximum absolute atomic E-state index is 10.6. The van der Waals surface area contributed by atoms with Crippen LogP contribution in [0.25, 0.3) is 0 Å². The van der Waals surface area contributed by atoms with E-state index in [1.807, 2.05) is 12.1 Å². The molecule has 2 aromatic rings. The van der Waals surface area contributed by atoms with Crippen molar-refractivity contribution < 1.29 is 4.57 Å². The van der Waals surface area contributed by atoms with Crippen LogP contribution in [-0.2, 0) is 4.57 Å². The molecule has 0 fully saturated rings. The molecule has 0 bridgehead atoms. The van der Waals surface area contributed by atoms with Gasteiger partial charge in [-0.2, -0.15) is 0 Å². The van der Waals surface area contributed by atoms with Crippen LogP contribution in [0.2, 0.25) is 0 Å². The summed E-state index contributed by atoms with van der Waals surface area (Å²) in [6.07, 6.45) is 2.78. The molecule has 0 aliphatic heterocycles. The molecule has 2 heteroatoms. The Morgan fingerprint density at radius 1 is 0.833 bits per heavy atom. The van der Waals surface area contributed by atoms with Crippen LogP contribution in [0.15, 0.2) is 60.7 Å². The zero-order valence-corrected chi connectivity index (χ0v) is 11.2. The lowest BCUT2D eigenvalue weighted by molar-refractivity contribution is 0.594. The minimum atomic E-state index is 0.253. The summed E-state index contributed by atoms with van der Waals surface area (Å²) in [6, 6.07) is 21.1. The Kier molecular flexibility index (Phi) is 5.11. The molecule has 0 aliphatic rings. The first-order valence-corrected chi connectivity index (χ1v) is 7.30. The molecule has 0 amide bonds. The van der Waals surface area contributed by atoms with Gasteiger partial charge >= 0.3 is 0 Å². The van der Waals surface area contributed by atoms with Crippen molar-refractivity contribution in [1.29, 1.82) is 0 Å². The summed E-state index contributed by atoms with van der Waals surface area (Å²) in [5, 5.41) is 0. The van der Waals surface area contributed by atoms with Crippen LogP contribution < -0.4 is 0 Å². The second-order valence-corrected chi connectivity index (χ2v) is 5.07. The van der Waals surface area contributed by atoms with Gasteiger partial charge in [-0.05, 0) is 24.0 Å². The van der Waals surface area contributed by atoms with Crippen molar-refractivity contribution in [1.82, 2.24) is 0 Å². The van der Waals surface area contributed by atoms with E-state index in [2.05, 4.69) is 48.5 Å². The fraction of sp³-hybridized carbons (Fsp3) is 0.250. The van der Waals surface area contributed by atoms with E-state index in [1.165, 1.54) is 11.1 Å². The third-order valence-corrected chi connectivity index (χ3v) is 3.64.